The first-order valence-electron chi connectivity index (χ1n) is 7.93. The summed E-state index contributed by atoms with van der Waals surface area (Å²) < 4.78 is 5.92. The van der Waals surface area contributed by atoms with E-state index in [1.807, 2.05) is 32.0 Å². The number of hydrogen-bond acceptors (Lipinski definition) is 3. The van der Waals surface area contributed by atoms with Gasteiger partial charge in [-0.25, -0.2) is 4.79 Å². The highest BCUT2D eigenvalue weighted by molar-refractivity contribution is 6.30. The Morgan fingerprint density at radius 1 is 1.29 bits per heavy atom. The molecular formula is C18H20ClN3O2. The Morgan fingerprint density at radius 2 is 2.04 bits per heavy atom. The zero-order chi connectivity index (χ0) is 17.1. The smallest absolute Gasteiger partial charge is 0.322 e. The van der Waals surface area contributed by atoms with E-state index >= 15 is 0 Å². The number of anilines is 1. The highest BCUT2D eigenvalue weighted by atomic mass is 35.5. The molecule has 6 heteroatoms. The summed E-state index contributed by atoms with van der Waals surface area (Å²) in [5.41, 5.74) is 2.60. The second kappa shape index (κ2) is 7.09. The molecule has 0 radical (unpaired) electrons. The monoisotopic (exact) mass is 345 g/mol. The number of nitrogens with one attached hydrogen (secondary N) is 1. The Morgan fingerprint density at radius 3 is 2.75 bits per heavy atom. The third-order valence-electron chi connectivity index (χ3n) is 4.13. The number of benzene rings is 1. The number of aryl methyl sites for hydroxylation is 2. The van der Waals surface area contributed by atoms with Crippen LogP contribution in [0.25, 0.3) is 0 Å². The van der Waals surface area contributed by atoms with Crippen molar-refractivity contribution in [2.75, 3.05) is 18.4 Å². The van der Waals surface area contributed by atoms with Gasteiger partial charge in [-0.2, -0.15) is 0 Å². The van der Waals surface area contributed by atoms with Gasteiger partial charge in [0.2, 0.25) is 0 Å². The first-order valence-corrected chi connectivity index (χ1v) is 8.31. The third-order valence-corrected chi connectivity index (χ3v) is 4.38. The molecule has 1 aliphatic heterocycles. The molecular weight excluding hydrogens is 326 g/mol. The minimum absolute atomic E-state index is 0.00647. The van der Waals surface area contributed by atoms with E-state index in [0.29, 0.717) is 18.1 Å². The number of carbonyl (C=O) groups is 1. The Labute approximate surface area is 146 Å². The molecule has 2 amide bonds. The van der Waals surface area contributed by atoms with E-state index in [-0.39, 0.29) is 12.1 Å². The lowest BCUT2D eigenvalue weighted by atomic mass is 10.2. The SMILES string of the molecule is Cc1ccnc(C)c1NC(=O)N1CCC(Oc2ccc(Cl)cc2)C1. The minimum atomic E-state index is -0.114. The summed E-state index contributed by atoms with van der Waals surface area (Å²) in [6.07, 6.45) is 2.54. The lowest BCUT2D eigenvalue weighted by Gasteiger charge is -2.19. The van der Waals surface area contributed by atoms with Gasteiger partial charge in [0.15, 0.2) is 0 Å². The van der Waals surface area contributed by atoms with Crippen molar-refractivity contribution in [2.24, 2.45) is 0 Å². The number of urea groups is 1. The second-order valence-electron chi connectivity index (χ2n) is 5.95. The van der Waals surface area contributed by atoms with Gasteiger partial charge in [0.1, 0.15) is 11.9 Å². The Bertz CT molecular complexity index is 713. The molecule has 0 aliphatic carbocycles. The van der Waals surface area contributed by atoms with Crippen LogP contribution in [0.5, 0.6) is 5.75 Å². The molecule has 2 heterocycles. The van der Waals surface area contributed by atoms with Crippen LogP contribution in [0.4, 0.5) is 10.5 Å². The van der Waals surface area contributed by atoms with Crippen LogP contribution >= 0.6 is 11.6 Å². The highest BCUT2D eigenvalue weighted by Gasteiger charge is 2.28. The number of hydrogen-bond donors (Lipinski definition) is 1. The number of amides is 2. The van der Waals surface area contributed by atoms with Crippen molar-refractivity contribution in [1.82, 2.24) is 9.88 Å². The second-order valence-corrected chi connectivity index (χ2v) is 6.38. The van der Waals surface area contributed by atoms with Crippen molar-refractivity contribution in [1.29, 1.82) is 0 Å². The average molecular weight is 346 g/mol. The van der Waals surface area contributed by atoms with Crippen LogP contribution in [0.3, 0.4) is 0 Å². The number of aromatic nitrogens is 1. The molecule has 24 heavy (non-hydrogen) atoms. The van der Waals surface area contributed by atoms with Crippen LogP contribution in [0.2, 0.25) is 5.02 Å². The fourth-order valence-electron chi connectivity index (χ4n) is 2.78. The maximum atomic E-state index is 12.5. The Balaban J connectivity index is 1.59. The Hall–Kier alpha value is -2.27. The van der Waals surface area contributed by atoms with E-state index in [2.05, 4.69) is 10.3 Å². The summed E-state index contributed by atoms with van der Waals surface area (Å²) in [4.78, 5) is 18.5. The molecule has 0 spiro atoms. The van der Waals surface area contributed by atoms with Gasteiger partial charge in [0, 0.05) is 24.2 Å². The van der Waals surface area contributed by atoms with E-state index in [1.54, 1.807) is 23.2 Å². The molecule has 1 atom stereocenters. The third kappa shape index (κ3) is 3.79. The van der Waals surface area contributed by atoms with Crippen molar-refractivity contribution < 1.29 is 9.53 Å². The predicted octanol–water partition coefficient (Wildman–Crippen LogP) is 4.04. The average Bonchev–Trinajstić information content (AvgIpc) is 3.02. The van der Waals surface area contributed by atoms with Gasteiger partial charge >= 0.3 is 6.03 Å². The molecule has 3 rings (SSSR count). The van der Waals surface area contributed by atoms with Gasteiger partial charge in [-0.15, -0.1) is 0 Å². The molecule has 1 aromatic carbocycles. The minimum Gasteiger partial charge on any atom is -0.489 e. The summed E-state index contributed by atoms with van der Waals surface area (Å²) >= 11 is 5.87. The summed E-state index contributed by atoms with van der Waals surface area (Å²) in [5, 5.41) is 3.64. The number of ether oxygens (including phenoxy) is 1. The molecule has 126 valence electrons. The van der Waals surface area contributed by atoms with Crippen LogP contribution in [0, 0.1) is 13.8 Å². The molecule has 1 saturated heterocycles. The fourth-order valence-corrected chi connectivity index (χ4v) is 2.91. The fraction of sp³-hybridized carbons (Fsp3) is 0.333. The molecule has 1 aliphatic rings. The molecule has 1 unspecified atom stereocenters. The largest absolute Gasteiger partial charge is 0.489 e. The van der Waals surface area contributed by atoms with Crippen LogP contribution in [0.1, 0.15) is 17.7 Å². The Kier molecular flexibility index (Phi) is 4.90. The maximum Gasteiger partial charge on any atom is 0.322 e. The van der Waals surface area contributed by atoms with E-state index in [0.717, 1.165) is 29.1 Å². The van der Waals surface area contributed by atoms with Crippen molar-refractivity contribution in [2.45, 2.75) is 26.4 Å². The van der Waals surface area contributed by atoms with Gasteiger partial charge < -0.3 is 15.0 Å². The molecule has 0 bridgehead atoms. The van der Waals surface area contributed by atoms with Gasteiger partial charge in [0.25, 0.3) is 0 Å². The van der Waals surface area contributed by atoms with Gasteiger partial charge in [-0.05, 0) is 49.7 Å². The van der Waals surface area contributed by atoms with Crippen molar-refractivity contribution >= 4 is 23.3 Å². The van der Waals surface area contributed by atoms with Crippen molar-refractivity contribution in [3.63, 3.8) is 0 Å². The number of pyridine rings is 1. The van der Waals surface area contributed by atoms with Crippen molar-refractivity contribution in [3.8, 4) is 5.75 Å². The lowest BCUT2D eigenvalue weighted by molar-refractivity contribution is 0.195. The lowest BCUT2D eigenvalue weighted by Crippen LogP contribution is -2.35. The van der Waals surface area contributed by atoms with E-state index in [1.165, 1.54) is 0 Å². The zero-order valence-electron chi connectivity index (χ0n) is 13.8. The van der Waals surface area contributed by atoms with Gasteiger partial charge in [-0.1, -0.05) is 11.6 Å². The molecule has 2 aromatic rings. The van der Waals surface area contributed by atoms with E-state index < -0.39 is 0 Å². The topological polar surface area (TPSA) is 54.5 Å². The summed E-state index contributed by atoms with van der Waals surface area (Å²) in [7, 11) is 0. The number of nitrogens with zero attached hydrogens (tertiary/aromatic N) is 2. The molecule has 5 nitrogen and oxygen atoms in total. The normalized spacial score (nSPS) is 17.0. The van der Waals surface area contributed by atoms with Crippen molar-refractivity contribution in [3.05, 3.63) is 52.8 Å². The number of rotatable bonds is 3. The summed E-state index contributed by atoms with van der Waals surface area (Å²) in [6.45, 7) is 5.08. The highest BCUT2D eigenvalue weighted by Crippen LogP contribution is 2.22. The van der Waals surface area contributed by atoms with E-state index in [9.17, 15) is 4.79 Å². The summed E-state index contributed by atoms with van der Waals surface area (Å²) in [6, 6.07) is 9.05. The molecule has 1 fully saturated rings. The standard InChI is InChI=1S/C18H20ClN3O2/c1-12-7-9-20-13(2)17(12)21-18(23)22-10-8-16(11-22)24-15-5-3-14(19)4-6-15/h3-7,9,16H,8,10-11H2,1-2H3,(H,21,23). The van der Waals surface area contributed by atoms with Gasteiger partial charge in [0.05, 0.1) is 17.9 Å². The summed E-state index contributed by atoms with van der Waals surface area (Å²) in [5.74, 6) is 0.769. The number of halogens is 1. The predicted molar refractivity (Wildman–Crippen MR) is 94.8 cm³/mol. The quantitative estimate of drug-likeness (QED) is 0.913. The zero-order valence-corrected chi connectivity index (χ0v) is 14.5. The number of likely N-dealkylation sites (tertiary alicyclic amines) is 1. The van der Waals surface area contributed by atoms with Crippen LogP contribution in [-0.4, -0.2) is 35.1 Å². The van der Waals surface area contributed by atoms with Crippen LogP contribution in [-0.2, 0) is 0 Å². The maximum absolute atomic E-state index is 12.5. The van der Waals surface area contributed by atoms with E-state index in [4.69, 9.17) is 16.3 Å². The van der Waals surface area contributed by atoms with Crippen LogP contribution in [0.15, 0.2) is 36.5 Å². The molecule has 1 aromatic heterocycles. The number of carbonyl (C=O) groups excluding carboxylic acids is 1. The first-order chi connectivity index (χ1) is 11.5. The molecule has 1 N–H and O–H groups in total. The van der Waals surface area contributed by atoms with Crippen LogP contribution < -0.4 is 10.1 Å². The molecule has 0 saturated carbocycles. The first kappa shape index (κ1) is 16.6. The van der Waals surface area contributed by atoms with Gasteiger partial charge in [-0.3, -0.25) is 4.98 Å².